The van der Waals surface area contributed by atoms with Crippen molar-refractivity contribution in [3.8, 4) is 0 Å². The molecule has 0 bridgehead atoms. The lowest BCUT2D eigenvalue weighted by Gasteiger charge is -2.26. The molecule has 0 aromatic heterocycles. The van der Waals surface area contributed by atoms with Gasteiger partial charge in [0.15, 0.2) is 5.66 Å². The highest BCUT2D eigenvalue weighted by Gasteiger charge is 2.34. The number of nitrogens with zero attached hydrogens (tertiary/aromatic N) is 2. The fraction of sp³-hybridized carbons (Fsp3) is 0.200. The van der Waals surface area contributed by atoms with Crippen LogP contribution in [0.4, 0.5) is 0 Å². The number of carbonyl (C=O) groups excluding carboxylic acids is 2. The van der Waals surface area contributed by atoms with Crippen LogP contribution in [0.25, 0.3) is 0 Å². The summed E-state index contributed by atoms with van der Waals surface area (Å²) >= 11 is 0. The molecule has 1 aliphatic carbocycles. The van der Waals surface area contributed by atoms with Gasteiger partial charge in [-0.1, -0.05) is 48.6 Å². The zero-order chi connectivity index (χ0) is 13.6. The monoisotopic (exact) mass is 252 g/mol. The number of isocyanates is 2. The fourth-order valence-corrected chi connectivity index (χ4v) is 2.11. The maximum atomic E-state index is 10.6. The van der Waals surface area contributed by atoms with E-state index in [0.717, 1.165) is 11.1 Å². The van der Waals surface area contributed by atoms with E-state index in [1.807, 2.05) is 48.6 Å². The van der Waals surface area contributed by atoms with Crippen LogP contribution in [-0.2, 0) is 16.0 Å². The van der Waals surface area contributed by atoms with Crippen molar-refractivity contribution in [2.45, 2.75) is 18.5 Å². The van der Waals surface area contributed by atoms with E-state index in [0.29, 0.717) is 12.8 Å². The van der Waals surface area contributed by atoms with Gasteiger partial charge >= 0.3 is 0 Å². The van der Waals surface area contributed by atoms with Gasteiger partial charge in [0.2, 0.25) is 12.2 Å². The number of rotatable bonds is 4. The molecular weight excluding hydrogens is 240 g/mol. The minimum absolute atomic E-state index is 0.371. The van der Waals surface area contributed by atoms with Gasteiger partial charge in [-0.15, -0.1) is 0 Å². The predicted molar refractivity (Wildman–Crippen MR) is 71.0 cm³/mol. The standard InChI is InChI=1S/C15H12N2O2/c18-11-16-15(17-12-19)9-5-4-8-14(15)10-13-6-2-1-3-7-13/h1-8H,9-10H2. The molecule has 1 aromatic carbocycles. The van der Waals surface area contributed by atoms with E-state index in [2.05, 4.69) is 9.98 Å². The molecule has 19 heavy (non-hydrogen) atoms. The molecule has 4 heteroatoms. The summed E-state index contributed by atoms with van der Waals surface area (Å²) < 4.78 is 0. The normalized spacial score (nSPS) is 20.9. The van der Waals surface area contributed by atoms with Crippen LogP contribution >= 0.6 is 0 Å². The molecule has 0 spiro atoms. The molecule has 0 saturated carbocycles. The molecule has 0 atom stereocenters. The minimum Gasteiger partial charge on any atom is -0.211 e. The van der Waals surface area contributed by atoms with Crippen LogP contribution in [0, 0.1) is 0 Å². The van der Waals surface area contributed by atoms with Gasteiger partial charge in [0.25, 0.3) is 0 Å². The highest BCUT2D eigenvalue weighted by Crippen LogP contribution is 2.33. The van der Waals surface area contributed by atoms with Gasteiger partial charge in [0.1, 0.15) is 0 Å². The SMILES string of the molecule is O=C=NC1(N=C=O)CC=CC=C1Cc1ccccc1. The second kappa shape index (κ2) is 5.87. The van der Waals surface area contributed by atoms with Crippen LogP contribution in [0.2, 0.25) is 0 Å². The zero-order valence-electron chi connectivity index (χ0n) is 10.2. The van der Waals surface area contributed by atoms with E-state index in [1.165, 1.54) is 12.2 Å². The molecular formula is C15H12N2O2. The minimum atomic E-state index is -1.17. The van der Waals surface area contributed by atoms with Crippen molar-refractivity contribution in [2.75, 3.05) is 0 Å². The van der Waals surface area contributed by atoms with Gasteiger partial charge in [0, 0.05) is 6.42 Å². The lowest BCUT2D eigenvalue weighted by molar-refractivity contribution is 0.488. The highest BCUT2D eigenvalue weighted by atomic mass is 16.1. The maximum absolute atomic E-state index is 10.6. The smallest absolute Gasteiger partial charge is 0.211 e. The highest BCUT2D eigenvalue weighted by molar-refractivity contribution is 5.46. The molecule has 0 unspecified atom stereocenters. The topological polar surface area (TPSA) is 58.9 Å². The molecule has 0 heterocycles. The van der Waals surface area contributed by atoms with Gasteiger partial charge in [-0.3, -0.25) is 0 Å². The van der Waals surface area contributed by atoms with Gasteiger partial charge in [-0.05, 0) is 17.6 Å². The Labute approximate surface area is 110 Å². The first kappa shape index (κ1) is 12.9. The van der Waals surface area contributed by atoms with Crippen LogP contribution in [-0.4, -0.2) is 17.8 Å². The van der Waals surface area contributed by atoms with Crippen LogP contribution in [0.3, 0.4) is 0 Å². The van der Waals surface area contributed by atoms with Crippen LogP contribution in [0.5, 0.6) is 0 Å². The Kier molecular flexibility index (Phi) is 3.99. The molecule has 94 valence electrons. The van der Waals surface area contributed by atoms with E-state index in [1.54, 1.807) is 0 Å². The first-order valence-electron chi connectivity index (χ1n) is 5.89. The van der Waals surface area contributed by atoms with Crippen LogP contribution in [0.1, 0.15) is 12.0 Å². The van der Waals surface area contributed by atoms with Crippen molar-refractivity contribution in [1.82, 2.24) is 0 Å². The lowest BCUT2D eigenvalue weighted by Crippen LogP contribution is -2.28. The van der Waals surface area contributed by atoms with E-state index >= 15 is 0 Å². The predicted octanol–water partition coefficient (Wildman–Crippen LogP) is 2.48. The van der Waals surface area contributed by atoms with Crippen molar-refractivity contribution in [3.05, 3.63) is 59.7 Å². The molecule has 0 amide bonds. The summed E-state index contributed by atoms with van der Waals surface area (Å²) in [5.41, 5.74) is 0.678. The Morgan fingerprint density at radius 2 is 1.79 bits per heavy atom. The summed E-state index contributed by atoms with van der Waals surface area (Å²) in [4.78, 5) is 28.7. The Hall–Kier alpha value is -2.54. The summed E-state index contributed by atoms with van der Waals surface area (Å²) in [6.45, 7) is 0. The van der Waals surface area contributed by atoms with E-state index in [-0.39, 0.29) is 0 Å². The first-order valence-corrected chi connectivity index (χ1v) is 5.89. The zero-order valence-corrected chi connectivity index (χ0v) is 10.2. The quantitative estimate of drug-likeness (QED) is 0.610. The Morgan fingerprint density at radius 1 is 1.11 bits per heavy atom. The van der Waals surface area contributed by atoms with Gasteiger partial charge in [-0.25, -0.2) is 9.59 Å². The molecule has 1 aromatic rings. The summed E-state index contributed by atoms with van der Waals surface area (Å²) in [7, 11) is 0. The van der Waals surface area contributed by atoms with Crippen molar-refractivity contribution in [2.24, 2.45) is 9.98 Å². The summed E-state index contributed by atoms with van der Waals surface area (Å²) in [5.74, 6) is 0. The number of hydrogen-bond donors (Lipinski definition) is 0. The first-order chi connectivity index (χ1) is 9.30. The van der Waals surface area contributed by atoms with Gasteiger partial charge in [-0.2, -0.15) is 9.98 Å². The third kappa shape index (κ3) is 2.83. The maximum Gasteiger partial charge on any atom is 0.237 e. The van der Waals surface area contributed by atoms with E-state index < -0.39 is 5.66 Å². The van der Waals surface area contributed by atoms with Crippen molar-refractivity contribution in [3.63, 3.8) is 0 Å². The second-order valence-corrected chi connectivity index (χ2v) is 4.21. The fourth-order valence-electron chi connectivity index (χ4n) is 2.11. The molecule has 0 radical (unpaired) electrons. The van der Waals surface area contributed by atoms with E-state index in [9.17, 15) is 9.59 Å². The molecule has 4 nitrogen and oxygen atoms in total. The summed E-state index contributed by atoms with van der Waals surface area (Å²) in [6.07, 6.45) is 9.47. The Bertz CT molecular complexity index is 586. The number of aliphatic imine (C=N–C) groups is 2. The molecule has 0 aliphatic heterocycles. The van der Waals surface area contributed by atoms with Crippen molar-refractivity contribution in [1.29, 1.82) is 0 Å². The molecule has 1 aliphatic rings. The average Bonchev–Trinajstić information content (AvgIpc) is 2.43. The Morgan fingerprint density at radius 3 is 2.42 bits per heavy atom. The molecule has 0 fully saturated rings. The van der Waals surface area contributed by atoms with Crippen LogP contribution in [0.15, 0.2) is 64.1 Å². The lowest BCUT2D eigenvalue weighted by atomic mass is 9.88. The van der Waals surface area contributed by atoms with E-state index in [4.69, 9.17) is 0 Å². The van der Waals surface area contributed by atoms with Crippen LogP contribution < -0.4 is 0 Å². The molecule has 2 rings (SSSR count). The van der Waals surface area contributed by atoms with Gasteiger partial charge in [0.05, 0.1) is 0 Å². The van der Waals surface area contributed by atoms with Gasteiger partial charge < -0.3 is 0 Å². The van der Waals surface area contributed by atoms with Crippen molar-refractivity contribution >= 4 is 12.2 Å². The Balaban J connectivity index is 2.39. The summed E-state index contributed by atoms with van der Waals surface area (Å²) in [6, 6.07) is 9.74. The number of hydrogen-bond acceptors (Lipinski definition) is 4. The third-order valence-electron chi connectivity index (χ3n) is 3.05. The molecule has 0 saturated heterocycles. The average molecular weight is 252 g/mol. The summed E-state index contributed by atoms with van der Waals surface area (Å²) in [5, 5.41) is 0. The third-order valence-corrected chi connectivity index (χ3v) is 3.05. The van der Waals surface area contributed by atoms with Crippen molar-refractivity contribution < 1.29 is 9.59 Å². The number of benzene rings is 1. The largest absolute Gasteiger partial charge is 0.237 e. The second-order valence-electron chi connectivity index (χ2n) is 4.21. The molecule has 0 N–H and O–H groups in total. The number of allylic oxidation sites excluding steroid dienone is 2.